The van der Waals surface area contributed by atoms with Crippen LogP contribution in [0.2, 0.25) is 0 Å². The fourth-order valence-electron chi connectivity index (χ4n) is 3.36. The Balaban J connectivity index is 1.68. The second-order valence-electron chi connectivity index (χ2n) is 6.31. The fraction of sp³-hybridized carbons (Fsp3) is 1.00. The van der Waals surface area contributed by atoms with Crippen LogP contribution in [0.3, 0.4) is 0 Å². The zero-order valence-corrected chi connectivity index (χ0v) is 12.2. The summed E-state index contributed by atoms with van der Waals surface area (Å²) in [6.07, 6.45) is 13.7. The molecular weight excluding hydrogens is 222 g/mol. The van der Waals surface area contributed by atoms with Crippen LogP contribution in [0.15, 0.2) is 0 Å². The topological polar surface area (TPSA) is 21.3 Å². The highest BCUT2D eigenvalue weighted by Crippen LogP contribution is 2.39. The van der Waals surface area contributed by atoms with Gasteiger partial charge in [-0.15, -0.1) is 0 Å². The molecule has 0 unspecified atom stereocenters. The molecule has 2 rings (SSSR count). The normalized spacial score (nSPS) is 24.5. The third-order valence-electron chi connectivity index (χ3n) is 4.87. The van der Waals surface area contributed by atoms with E-state index in [4.69, 9.17) is 4.74 Å². The maximum absolute atomic E-state index is 6.37. The van der Waals surface area contributed by atoms with Gasteiger partial charge in [0.05, 0.1) is 12.2 Å². The van der Waals surface area contributed by atoms with Gasteiger partial charge in [-0.1, -0.05) is 32.6 Å². The van der Waals surface area contributed by atoms with E-state index in [0.717, 1.165) is 25.6 Å². The lowest BCUT2D eigenvalue weighted by Crippen LogP contribution is -2.43. The first-order valence-corrected chi connectivity index (χ1v) is 8.19. The predicted octanol–water partition coefficient (Wildman–Crippen LogP) is 3.90. The Labute approximate surface area is 113 Å². The van der Waals surface area contributed by atoms with Gasteiger partial charge in [0.15, 0.2) is 0 Å². The minimum atomic E-state index is 0.258. The summed E-state index contributed by atoms with van der Waals surface area (Å²) in [5.41, 5.74) is 0.258. The Morgan fingerprint density at radius 1 is 1.06 bits per heavy atom. The molecule has 0 saturated heterocycles. The zero-order chi connectivity index (χ0) is 12.7. The zero-order valence-electron chi connectivity index (χ0n) is 12.2. The molecule has 2 aliphatic rings. The van der Waals surface area contributed by atoms with Crippen molar-refractivity contribution >= 4 is 0 Å². The van der Waals surface area contributed by atoms with Crippen LogP contribution in [0.25, 0.3) is 0 Å². The van der Waals surface area contributed by atoms with Crippen LogP contribution >= 0.6 is 0 Å². The molecule has 0 spiro atoms. The van der Waals surface area contributed by atoms with E-state index in [1.54, 1.807) is 0 Å². The second kappa shape index (κ2) is 7.49. The Hall–Kier alpha value is -0.0800. The summed E-state index contributed by atoms with van der Waals surface area (Å²) < 4.78 is 6.37. The SMILES string of the molecule is CCNCCC1(OCC2CCCCCC2)CCC1. The van der Waals surface area contributed by atoms with Gasteiger partial charge in [0.2, 0.25) is 0 Å². The van der Waals surface area contributed by atoms with Crippen LogP contribution in [-0.2, 0) is 4.74 Å². The lowest BCUT2D eigenvalue weighted by Gasteiger charge is -2.42. The molecule has 0 radical (unpaired) electrons. The summed E-state index contributed by atoms with van der Waals surface area (Å²) >= 11 is 0. The number of rotatable bonds is 7. The van der Waals surface area contributed by atoms with Gasteiger partial charge in [-0.3, -0.25) is 0 Å². The van der Waals surface area contributed by atoms with E-state index >= 15 is 0 Å². The summed E-state index contributed by atoms with van der Waals surface area (Å²) in [4.78, 5) is 0. The highest BCUT2D eigenvalue weighted by molar-refractivity contribution is 4.90. The third kappa shape index (κ3) is 4.24. The van der Waals surface area contributed by atoms with Crippen LogP contribution in [-0.4, -0.2) is 25.3 Å². The van der Waals surface area contributed by atoms with Crippen LogP contribution in [0, 0.1) is 5.92 Å². The fourth-order valence-corrected chi connectivity index (χ4v) is 3.36. The van der Waals surface area contributed by atoms with Gasteiger partial charge in [0.1, 0.15) is 0 Å². The van der Waals surface area contributed by atoms with E-state index in [1.165, 1.54) is 64.2 Å². The summed E-state index contributed by atoms with van der Waals surface area (Å²) in [5, 5.41) is 3.44. The van der Waals surface area contributed by atoms with Crippen LogP contribution < -0.4 is 5.32 Å². The van der Waals surface area contributed by atoms with Crippen molar-refractivity contribution in [2.24, 2.45) is 5.92 Å². The lowest BCUT2D eigenvalue weighted by molar-refractivity contribution is -0.116. The quantitative estimate of drug-likeness (QED) is 0.549. The molecule has 2 aliphatic carbocycles. The average molecular weight is 253 g/mol. The lowest BCUT2D eigenvalue weighted by atomic mass is 9.77. The van der Waals surface area contributed by atoms with E-state index in [9.17, 15) is 0 Å². The van der Waals surface area contributed by atoms with Crippen molar-refractivity contribution in [2.45, 2.75) is 76.7 Å². The molecule has 0 aromatic heterocycles. The van der Waals surface area contributed by atoms with Crippen LogP contribution in [0.4, 0.5) is 0 Å². The van der Waals surface area contributed by atoms with Crippen molar-refractivity contribution in [3.8, 4) is 0 Å². The minimum Gasteiger partial charge on any atom is -0.375 e. The second-order valence-corrected chi connectivity index (χ2v) is 6.31. The van der Waals surface area contributed by atoms with Crippen molar-refractivity contribution in [1.29, 1.82) is 0 Å². The highest BCUT2D eigenvalue weighted by Gasteiger charge is 2.37. The van der Waals surface area contributed by atoms with Gasteiger partial charge in [-0.05, 0) is 57.5 Å². The smallest absolute Gasteiger partial charge is 0.0694 e. The first-order valence-electron chi connectivity index (χ1n) is 8.19. The van der Waals surface area contributed by atoms with Crippen molar-refractivity contribution < 1.29 is 4.74 Å². The van der Waals surface area contributed by atoms with Crippen molar-refractivity contribution in [2.75, 3.05) is 19.7 Å². The largest absolute Gasteiger partial charge is 0.375 e. The number of nitrogens with one attached hydrogen (secondary N) is 1. The van der Waals surface area contributed by atoms with E-state index < -0.39 is 0 Å². The summed E-state index contributed by atoms with van der Waals surface area (Å²) in [5.74, 6) is 0.851. The number of ether oxygens (including phenoxy) is 1. The maximum atomic E-state index is 6.37. The summed E-state index contributed by atoms with van der Waals surface area (Å²) in [6.45, 7) is 5.42. The number of hydrogen-bond acceptors (Lipinski definition) is 2. The van der Waals surface area contributed by atoms with E-state index in [2.05, 4.69) is 12.2 Å². The van der Waals surface area contributed by atoms with Crippen LogP contribution in [0.5, 0.6) is 0 Å². The van der Waals surface area contributed by atoms with E-state index in [0.29, 0.717) is 0 Å². The molecule has 2 nitrogen and oxygen atoms in total. The predicted molar refractivity (Wildman–Crippen MR) is 76.9 cm³/mol. The van der Waals surface area contributed by atoms with Crippen LogP contribution in [0.1, 0.15) is 71.1 Å². The van der Waals surface area contributed by atoms with Gasteiger partial charge in [0, 0.05) is 0 Å². The van der Waals surface area contributed by atoms with Crippen molar-refractivity contribution in [3.05, 3.63) is 0 Å². The molecule has 0 aliphatic heterocycles. The molecule has 2 saturated carbocycles. The molecule has 0 atom stereocenters. The Morgan fingerprint density at radius 2 is 1.78 bits per heavy atom. The highest BCUT2D eigenvalue weighted by atomic mass is 16.5. The Morgan fingerprint density at radius 3 is 2.33 bits per heavy atom. The average Bonchev–Trinajstić information content (AvgIpc) is 2.60. The Bertz CT molecular complexity index is 217. The number of hydrogen-bond donors (Lipinski definition) is 1. The molecule has 18 heavy (non-hydrogen) atoms. The standard InChI is InChI=1S/C16H31NO/c1-2-17-13-12-16(10-7-11-16)18-14-15-8-5-3-4-6-9-15/h15,17H,2-14H2,1H3. The molecule has 106 valence electrons. The molecule has 1 N–H and O–H groups in total. The summed E-state index contributed by atoms with van der Waals surface area (Å²) in [6, 6.07) is 0. The summed E-state index contributed by atoms with van der Waals surface area (Å²) in [7, 11) is 0. The van der Waals surface area contributed by atoms with E-state index in [1.807, 2.05) is 0 Å². The van der Waals surface area contributed by atoms with Gasteiger partial charge in [0.25, 0.3) is 0 Å². The molecule has 0 aromatic carbocycles. The van der Waals surface area contributed by atoms with Gasteiger partial charge in [-0.25, -0.2) is 0 Å². The van der Waals surface area contributed by atoms with Gasteiger partial charge < -0.3 is 10.1 Å². The van der Waals surface area contributed by atoms with Gasteiger partial charge >= 0.3 is 0 Å². The minimum absolute atomic E-state index is 0.258. The molecule has 2 heteroatoms. The maximum Gasteiger partial charge on any atom is 0.0694 e. The van der Waals surface area contributed by atoms with Gasteiger partial charge in [-0.2, -0.15) is 0 Å². The first-order chi connectivity index (χ1) is 8.85. The third-order valence-corrected chi connectivity index (χ3v) is 4.87. The van der Waals surface area contributed by atoms with Crippen molar-refractivity contribution in [3.63, 3.8) is 0 Å². The first kappa shape index (κ1) is 14.3. The molecule has 0 aromatic rings. The Kier molecular flexibility index (Phi) is 5.97. The molecule has 2 fully saturated rings. The van der Waals surface area contributed by atoms with E-state index in [-0.39, 0.29) is 5.60 Å². The molecular formula is C16H31NO. The van der Waals surface area contributed by atoms with Crippen molar-refractivity contribution in [1.82, 2.24) is 5.32 Å². The monoisotopic (exact) mass is 253 g/mol. The molecule has 0 amide bonds. The molecule has 0 heterocycles. The molecule has 0 bridgehead atoms.